The van der Waals surface area contributed by atoms with Crippen LogP contribution in [0.4, 0.5) is 5.13 Å². The third kappa shape index (κ3) is 6.20. The average molecular weight is 517 g/mol. The summed E-state index contributed by atoms with van der Waals surface area (Å²) in [6, 6.07) is 12.0. The summed E-state index contributed by atoms with van der Waals surface area (Å²) in [5.74, 6) is -0.0912. The average Bonchev–Trinajstić information content (AvgIpc) is 3.10. The normalized spacial score (nSPS) is 11.7. The van der Waals surface area contributed by atoms with Gasteiger partial charge in [-0.25, -0.2) is 13.4 Å². The molecule has 32 heavy (non-hydrogen) atoms. The number of hydrogen-bond acceptors (Lipinski definition) is 6. The van der Waals surface area contributed by atoms with E-state index < -0.39 is 15.1 Å². The fraction of sp³-hybridized carbons (Fsp3) is 0.364. The van der Waals surface area contributed by atoms with Crippen LogP contribution in [0, 0.1) is 0 Å². The number of sulfone groups is 1. The summed E-state index contributed by atoms with van der Waals surface area (Å²) in [6.07, 6.45) is 0.159. The number of rotatable bonds is 8. The molecule has 0 saturated heterocycles. The minimum atomic E-state index is -3.34. The summed E-state index contributed by atoms with van der Waals surface area (Å²) in [4.78, 5) is 21.8. The quantitative estimate of drug-likeness (QED) is 0.435. The lowest BCUT2D eigenvalue weighted by Gasteiger charge is -2.22. The van der Waals surface area contributed by atoms with E-state index in [1.54, 1.807) is 49.1 Å². The van der Waals surface area contributed by atoms with E-state index in [1.165, 1.54) is 11.3 Å². The molecule has 6 nitrogen and oxygen atoms in total. The lowest BCUT2D eigenvalue weighted by molar-refractivity contribution is -0.118. The van der Waals surface area contributed by atoms with Crippen LogP contribution in [-0.2, 0) is 21.1 Å². The Hall–Kier alpha value is -1.71. The molecule has 0 radical (unpaired) electrons. The van der Waals surface area contributed by atoms with Crippen LogP contribution in [0.15, 0.2) is 47.4 Å². The highest BCUT2D eigenvalue weighted by Gasteiger charge is 2.22. The Labute approximate surface area is 204 Å². The highest BCUT2D eigenvalue weighted by Crippen LogP contribution is 2.31. The van der Waals surface area contributed by atoms with Crippen LogP contribution in [0.2, 0.25) is 5.02 Å². The van der Waals surface area contributed by atoms with E-state index in [-0.39, 0.29) is 29.6 Å². The molecule has 174 valence electrons. The second kappa shape index (κ2) is 10.9. The Bertz CT molecular complexity index is 1180. The van der Waals surface area contributed by atoms with Gasteiger partial charge in [0.15, 0.2) is 15.0 Å². The highest BCUT2D eigenvalue weighted by atomic mass is 35.5. The number of carbonyl (C=O) groups excluding carboxylic acids is 1. The Kier molecular flexibility index (Phi) is 9.07. The summed E-state index contributed by atoms with van der Waals surface area (Å²) >= 11 is 7.52. The Morgan fingerprint density at radius 3 is 2.34 bits per heavy atom. The molecule has 0 saturated carbocycles. The fourth-order valence-electron chi connectivity index (χ4n) is 2.97. The maximum absolute atomic E-state index is 13.2. The van der Waals surface area contributed by atoms with Crippen LogP contribution < -0.4 is 4.90 Å². The Morgan fingerprint density at radius 1 is 1.09 bits per heavy atom. The van der Waals surface area contributed by atoms with Crippen molar-refractivity contribution in [1.29, 1.82) is 0 Å². The van der Waals surface area contributed by atoms with Crippen LogP contribution in [0.25, 0.3) is 10.2 Å². The van der Waals surface area contributed by atoms with Gasteiger partial charge < -0.3 is 4.90 Å². The van der Waals surface area contributed by atoms with Gasteiger partial charge in [-0.2, -0.15) is 0 Å². The Balaban J connectivity index is 0.00000363. The predicted octanol–water partition coefficient (Wildman–Crippen LogP) is 4.69. The van der Waals surface area contributed by atoms with Gasteiger partial charge in [0.1, 0.15) is 0 Å². The molecule has 0 aliphatic carbocycles. The molecule has 0 N–H and O–H groups in total. The van der Waals surface area contributed by atoms with E-state index in [9.17, 15) is 13.2 Å². The monoisotopic (exact) mass is 515 g/mol. The molecule has 0 aliphatic rings. The Morgan fingerprint density at radius 2 is 1.75 bits per heavy atom. The highest BCUT2D eigenvalue weighted by molar-refractivity contribution is 7.92. The molecule has 3 rings (SSSR count). The maximum Gasteiger partial charge on any atom is 0.233 e. The van der Waals surface area contributed by atoms with Crippen LogP contribution >= 0.6 is 35.3 Å². The third-order valence-electron chi connectivity index (χ3n) is 4.87. The number of carbonyl (C=O) groups is 1. The van der Waals surface area contributed by atoms with E-state index in [2.05, 4.69) is 4.98 Å². The van der Waals surface area contributed by atoms with Crippen molar-refractivity contribution in [1.82, 2.24) is 9.88 Å². The number of benzene rings is 2. The van der Waals surface area contributed by atoms with E-state index >= 15 is 0 Å². The van der Waals surface area contributed by atoms with Crippen molar-refractivity contribution in [3.05, 3.63) is 53.1 Å². The zero-order valence-electron chi connectivity index (χ0n) is 18.4. The molecule has 3 aromatic rings. The van der Waals surface area contributed by atoms with Crippen LogP contribution in [0.1, 0.15) is 19.4 Å². The molecule has 0 spiro atoms. The molecule has 1 heterocycles. The van der Waals surface area contributed by atoms with Crippen molar-refractivity contribution in [2.24, 2.45) is 0 Å². The summed E-state index contributed by atoms with van der Waals surface area (Å²) in [5, 5.41) is 0.766. The number of fused-ring (bicyclic) bond motifs is 1. The third-order valence-corrected chi connectivity index (χ3v) is 8.32. The zero-order chi connectivity index (χ0) is 22.8. The van der Waals surface area contributed by atoms with E-state index in [1.807, 2.05) is 31.1 Å². The second-order valence-electron chi connectivity index (χ2n) is 7.87. The molecule has 2 aromatic carbocycles. The van der Waals surface area contributed by atoms with Crippen molar-refractivity contribution < 1.29 is 13.2 Å². The van der Waals surface area contributed by atoms with Gasteiger partial charge in [0.05, 0.1) is 26.8 Å². The first-order chi connectivity index (χ1) is 14.6. The predicted molar refractivity (Wildman–Crippen MR) is 135 cm³/mol. The van der Waals surface area contributed by atoms with Gasteiger partial charge in [0.25, 0.3) is 0 Å². The van der Waals surface area contributed by atoms with E-state index in [4.69, 9.17) is 11.6 Å². The van der Waals surface area contributed by atoms with Crippen molar-refractivity contribution >= 4 is 66.4 Å². The van der Waals surface area contributed by atoms with Crippen LogP contribution in [-0.4, -0.2) is 56.6 Å². The largest absolute Gasteiger partial charge is 0.308 e. The summed E-state index contributed by atoms with van der Waals surface area (Å²) < 4.78 is 25.6. The minimum absolute atomic E-state index is 0. The van der Waals surface area contributed by atoms with Crippen molar-refractivity contribution in [2.45, 2.75) is 30.4 Å². The molecule has 10 heteroatoms. The molecular formula is C22H27Cl2N3O3S2. The van der Waals surface area contributed by atoms with Gasteiger partial charge in [-0.1, -0.05) is 35.1 Å². The molecular weight excluding hydrogens is 489 g/mol. The van der Waals surface area contributed by atoms with Gasteiger partial charge in [0.2, 0.25) is 5.91 Å². The SMILES string of the molecule is CC(C)S(=O)(=O)c1ccc(CC(=O)N(CCN(C)C)c2nc3ccc(Cl)cc3s2)cc1.Cl. The van der Waals surface area contributed by atoms with Crippen LogP contribution in [0.5, 0.6) is 0 Å². The number of aromatic nitrogens is 1. The lowest BCUT2D eigenvalue weighted by atomic mass is 10.1. The van der Waals surface area contributed by atoms with Gasteiger partial charge >= 0.3 is 0 Å². The van der Waals surface area contributed by atoms with Crippen molar-refractivity contribution in [2.75, 3.05) is 32.1 Å². The molecule has 0 atom stereocenters. The van der Waals surface area contributed by atoms with Crippen molar-refractivity contribution in [3.8, 4) is 0 Å². The topological polar surface area (TPSA) is 70.6 Å². The number of halogens is 2. The first-order valence-electron chi connectivity index (χ1n) is 9.92. The summed E-state index contributed by atoms with van der Waals surface area (Å²) in [5.41, 5.74) is 1.56. The number of amides is 1. The van der Waals surface area contributed by atoms with Crippen molar-refractivity contribution in [3.63, 3.8) is 0 Å². The van der Waals surface area contributed by atoms with E-state index in [0.717, 1.165) is 15.8 Å². The van der Waals surface area contributed by atoms with Gasteiger partial charge in [-0.3, -0.25) is 9.69 Å². The van der Waals surface area contributed by atoms with E-state index in [0.29, 0.717) is 23.2 Å². The molecule has 0 bridgehead atoms. The summed E-state index contributed by atoms with van der Waals surface area (Å²) in [6.45, 7) is 4.49. The maximum atomic E-state index is 13.2. The minimum Gasteiger partial charge on any atom is -0.308 e. The first kappa shape index (κ1) is 26.5. The van der Waals surface area contributed by atoms with Gasteiger partial charge in [-0.05, 0) is 63.8 Å². The molecule has 0 aliphatic heterocycles. The lowest BCUT2D eigenvalue weighted by Crippen LogP contribution is -2.37. The summed E-state index contributed by atoms with van der Waals surface area (Å²) in [7, 11) is 0.568. The zero-order valence-corrected chi connectivity index (χ0v) is 21.6. The number of anilines is 1. The van der Waals surface area contributed by atoms with Gasteiger partial charge in [-0.15, -0.1) is 12.4 Å². The standard InChI is InChI=1S/C22H26ClN3O3S2.ClH/c1-15(2)31(28,29)18-8-5-16(6-9-18)13-21(27)26(12-11-25(3)4)22-24-19-10-7-17(23)14-20(19)30-22;/h5-10,14-15H,11-13H2,1-4H3;1H. The van der Waals surface area contributed by atoms with Crippen LogP contribution in [0.3, 0.4) is 0 Å². The van der Waals surface area contributed by atoms with Gasteiger partial charge in [0, 0.05) is 18.1 Å². The number of thiazole rings is 1. The number of likely N-dealkylation sites (N-methyl/N-ethyl adjacent to an activating group) is 1. The molecule has 1 aromatic heterocycles. The first-order valence-corrected chi connectivity index (χ1v) is 12.7. The number of nitrogens with zero attached hydrogens (tertiary/aromatic N) is 3. The number of hydrogen-bond donors (Lipinski definition) is 0. The molecule has 1 amide bonds. The fourth-order valence-corrected chi connectivity index (χ4v) is 5.31. The second-order valence-corrected chi connectivity index (χ2v) is 11.8. The molecule has 0 fully saturated rings. The molecule has 0 unspecified atom stereocenters. The smallest absolute Gasteiger partial charge is 0.233 e.